The predicted octanol–water partition coefficient (Wildman–Crippen LogP) is 2.61. The van der Waals surface area contributed by atoms with Gasteiger partial charge in [-0.1, -0.05) is 18.2 Å². The molecule has 6 heteroatoms. The van der Waals surface area contributed by atoms with Crippen LogP contribution in [-0.2, 0) is 6.54 Å². The quantitative estimate of drug-likeness (QED) is 0.651. The number of nitro groups is 1. The number of hydrogen-bond donors (Lipinski definition) is 2. The number of hydrogen-bond acceptors (Lipinski definition) is 4. The molecule has 0 heterocycles. The van der Waals surface area contributed by atoms with Crippen LogP contribution in [-0.4, -0.2) is 10.8 Å². The third-order valence-electron chi connectivity index (χ3n) is 3.24. The molecule has 0 atom stereocenters. The van der Waals surface area contributed by atoms with Crippen molar-refractivity contribution in [2.24, 2.45) is 5.73 Å². The smallest absolute Gasteiger partial charge is 0.272 e. The zero-order valence-corrected chi connectivity index (χ0v) is 11.5. The Balaban J connectivity index is 2.17. The summed E-state index contributed by atoms with van der Waals surface area (Å²) in [6.45, 7) is 2.14. The molecule has 6 nitrogen and oxygen atoms in total. The number of nitrogens with zero attached hydrogens (tertiary/aromatic N) is 1. The van der Waals surface area contributed by atoms with Crippen LogP contribution in [0.3, 0.4) is 0 Å². The lowest BCUT2D eigenvalue weighted by Gasteiger charge is -2.10. The number of anilines is 1. The Labute approximate surface area is 121 Å². The number of nitrogens with two attached hydrogens (primary N) is 1. The molecule has 2 aromatic rings. The van der Waals surface area contributed by atoms with E-state index < -0.39 is 10.8 Å². The summed E-state index contributed by atoms with van der Waals surface area (Å²) in [6.07, 6.45) is 0. The fourth-order valence-electron chi connectivity index (χ4n) is 2.04. The zero-order chi connectivity index (χ0) is 15.4. The summed E-state index contributed by atoms with van der Waals surface area (Å²) in [5.41, 5.74) is 7.92. The first-order valence-electron chi connectivity index (χ1n) is 6.35. The minimum Gasteiger partial charge on any atom is -0.381 e. The minimum absolute atomic E-state index is 0.0974. The van der Waals surface area contributed by atoms with Gasteiger partial charge < -0.3 is 11.1 Å². The molecular weight excluding hydrogens is 270 g/mol. The molecule has 0 fully saturated rings. The second-order valence-corrected chi connectivity index (χ2v) is 4.62. The molecular formula is C15H15N3O3. The van der Waals surface area contributed by atoms with Crippen molar-refractivity contribution >= 4 is 17.3 Å². The lowest BCUT2D eigenvalue weighted by Crippen LogP contribution is -2.11. The molecule has 0 unspecified atom stereocenters. The van der Waals surface area contributed by atoms with Gasteiger partial charge in [-0.2, -0.15) is 0 Å². The highest BCUT2D eigenvalue weighted by Crippen LogP contribution is 2.22. The molecule has 0 aromatic heterocycles. The molecule has 0 saturated carbocycles. The van der Waals surface area contributed by atoms with Crippen LogP contribution in [0.25, 0.3) is 0 Å². The van der Waals surface area contributed by atoms with Crippen LogP contribution < -0.4 is 11.1 Å². The second-order valence-electron chi connectivity index (χ2n) is 4.62. The average Bonchev–Trinajstić information content (AvgIpc) is 2.46. The zero-order valence-electron chi connectivity index (χ0n) is 11.5. The van der Waals surface area contributed by atoms with Gasteiger partial charge in [0, 0.05) is 29.4 Å². The van der Waals surface area contributed by atoms with Crippen LogP contribution in [0.5, 0.6) is 0 Å². The Morgan fingerprint density at radius 3 is 2.67 bits per heavy atom. The molecule has 0 aliphatic rings. The molecule has 0 bridgehead atoms. The van der Waals surface area contributed by atoms with E-state index in [0.29, 0.717) is 17.7 Å². The maximum atomic E-state index is 11.1. The summed E-state index contributed by atoms with van der Waals surface area (Å²) in [7, 11) is 0. The molecule has 108 valence electrons. The van der Waals surface area contributed by atoms with Crippen molar-refractivity contribution in [3.05, 3.63) is 69.3 Å². The highest BCUT2D eigenvalue weighted by molar-refractivity contribution is 5.93. The number of carbonyl (C=O) groups excluding carboxylic acids is 1. The lowest BCUT2D eigenvalue weighted by molar-refractivity contribution is -0.385. The van der Waals surface area contributed by atoms with E-state index in [1.54, 1.807) is 37.3 Å². The van der Waals surface area contributed by atoms with Crippen LogP contribution in [0.1, 0.15) is 21.5 Å². The first kappa shape index (κ1) is 14.5. The molecule has 0 spiro atoms. The number of nitro benzene ring substituents is 1. The maximum Gasteiger partial charge on any atom is 0.272 e. The summed E-state index contributed by atoms with van der Waals surface area (Å²) in [5, 5.41) is 14.0. The van der Waals surface area contributed by atoms with Crippen molar-refractivity contribution in [3.8, 4) is 0 Å². The van der Waals surface area contributed by atoms with Gasteiger partial charge >= 0.3 is 0 Å². The number of rotatable bonds is 5. The number of carbonyl (C=O) groups is 1. The van der Waals surface area contributed by atoms with Crippen molar-refractivity contribution in [2.45, 2.75) is 13.5 Å². The fraction of sp³-hybridized carbons (Fsp3) is 0.133. The Bertz CT molecular complexity index is 698. The largest absolute Gasteiger partial charge is 0.381 e. The topological polar surface area (TPSA) is 98.3 Å². The molecule has 0 radical (unpaired) electrons. The van der Waals surface area contributed by atoms with Crippen molar-refractivity contribution in [3.63, 3.8) is 0 Å². The molecule has 1 amide bonds. The van der Waals surface area contributed by atoms with Crippen LogP contribution in [0, 0.1) is 17.0 Å². The standard InChI is InChI=1S/C15H15N3O3/c1-10-12(5-3-7-14(10)18(20)21)9-17-13-6-2-4-11(8-13)15(16)19/h2-8,17H,9H2,1H3,(H2,16,19). The van der Waals surface area contributed by atoms with Gasteiger partial charge in [-0.25, -0.2) is 0 Å². The summed E-state index contributed by atoms with van der Waals surface area (Å²) in [5.74, 6) is -0.495. The summed E-state index contributed by atoms with van der Waals surface area (Å²) in [4.78, 5) is 21.6. The molecule has 21 heavy (non-hydrogen) atoms. The van der Waals surface area contributed by atoms with Crippen molar-refractivity contribution < 1.29 is 9.72 Å². The van der Waals surface area contributed by atoms with E-state index in [2.05, 4.69) is 5.32 Å². The number of primary amides is 1. The number of amides is 1. The normalized spacial score (nSPS) is 10.1. The lowest BCUT2D eigenvalue weighted by atomic mass is 10.1. The van der Waals surface area contributed by atoms with Crippen molar-refractivity contribution in [2.75, 3.05) is 5.32 Å². The molecule has 3 N–H and O–H groups in total. The van der Waals surface area contributed by atoms with Crippen molar-refractivity contribution in [1.29, 1.82) is 0 Å². The monoisotopic (exact) mass is 285 g/mol. The van der Waals surface area contributed by atoms with Crippen molar-refractivity contribution in [1.82, 2.24) is 0 Å². The number of nitrogens with one attached hydrogen (secondary N) is 1. The van der Waals surface area contributed by atoms with Gasteiger partial charge in [-0.15, -0.1) is 0 Å². The third kappa shape index (κ3) is 3.36. The van der Waals surface area contributed by atoms with Gasteiger partial charge in [0.25, 0.3) is 5.69 Å². The fourth-order valence-corrected chi connectivity index (χ4v) is 2.04. The van der Waals surface area contributed by atoms with E-state index in [1.807, 2.05) is 6.07 Å². The van der Waals surface area contributed by atoms with Gasteiger partial charge in [-0.3, -0.25) is 14.9 Å². The van der Waals surface area contributed by atoms with Gasteiger partial charge in [0.2, 0.25) is 5.91 Å². The molecule has 0 aliphatic carbocycles. The van der Waals surface area contributed by atoms with Crippen LogP contribution in [0.2, 0.25) is 0 Å². The average molecular weight is 285 g/mol. The van der Waals surface area contributed by atoms with Crippen LogP contribution in [0.15, 0.2) is 42.5 Å². The van der Waals surface area contributed by atoms with Gasteiger partial charge in [0.1, 0.15) is 0 Å². The molecule has 2 rings (SSSR count). The highest BCUT2D eigenvalue weighted by Gasteiger charge is 2.12. The minimum atomic E-state index is -0.495. The molecule has 0 aliphatic heterocycles. The highest BCUT2D eigenvalue weighted by atomic mass is 16.6. The summed E-state index contributed by atoms with van der Waals surface area (Å²) < 4.78 is 0. The maximum absolute atomic E-state index is 11.1. The van der Waals surface area contributed by atoms with Gasteiger partial charge in [0.15, 0.2) is 0 Å². The van der Waals surface area contributed by atoms with Crippen LogP contribution in [0.4, 0.5) is 11.4 Å². The SMILES string of the molecule is Cc1c(CNc2cccc(C(N)=O)c2)cccc1[N+](=O)[O-]. The van der Waals surface area contributed by atoms with E-state index in [9.17, 15) is 14.9 Å². The van der Waals surface area contributed by atoms with Gasteiger partial charge in [-0.05, 0) is 30.7 Å². The van der Waals surface area contributed by atoms with E-state index in [4.69, 9.17) is 5.73 Å². The predicted molar refractivity (Wildman–Crippen MR) is 80.1 cm³/mol. The van der Waals surface area contributed by atoms with E-state index >= 15 is 0 Å². The van der Waals surface area contributed by atoms with Gasteiger partial charge in [0.05, 0.1) is 4.92 Å². The second kappa shape index (κ2) is 6.04. The Hall–Kier alpha value is -2.89. The first-order chi connectivity index (χ1) is 9.99. The summed E-state index contributed by atoms with van der Waals surface area (Å²) in [6, 6.07) is 11.8. The molecule has 2 aromatic carbocycles. The van der Waals surface area contributed by atoms with E-state index in [0.717, 1.165) is 11.3 Å². The third-order valence-corrected chi connectivity index (χ3v) is 3.24. The van der Waals surface area contributed by atoms with E-state index in [1.165, 1.54) is 6.07 Å². The molecule has 0 saturated heterocycles. The van der Waals surface area contributed by atoms with E-state index in [-0.39, 0.29) is 5.69 Å². The summed E-state index contributed by atoms with van der Waals surface area (Å²) >= 11 is 0. The Morgan fingerprint density at radius 1 is 1.29 bits per heavy atom. The Kier molecular flexibility index (Phi) is 4.18. The van der Waals surface area contributed by atoms with Crippen LogP contribution >= 0.6 is 0 Å². The Morgan fingerprint density at radius 2 is 2.00 bits per heavy atom. The number of benzene rings is 2. The first-order valence-corrected chi connectivity index (χ1v) is 6.35.